The van der Waals surface area contributed by atoms with Crippen molar-refractivity contribution in [2.24, 2.45) is 5.92 Å². The molecular formula is C22H26N6O2S. The van der Waals surface area contributed by atoms with E-state index in [1.165, 1.54) is 5.69 Å². The second-order valence-electron chi connectivity index (χ2n) is 8.52. The third kappa shape index (κ3) is 3.35. The number of hydrogen-bond donors (Lipinski definition) is 0. The summed E-state index contributed by atoms with van der Waals surface area (Å²) < 4.78 is 11.7. The molecule has 0 N–H and O–H groups in total. The Hall–Kier alpha value is -2.36. The first-order valence-corrected chi connectivity index (χ1v) is 12.0. The van der Waals surface area contributed by atoms with Gasteiger partial charge < -0.3 is 19.3 Å². The van der Waals surface area contributed by atoms with E-state index in [1.807, 2.05) is 11.6 Å². The minimum absolute atomic E-state index is 0.230. The number of benzene rings is 1. The largest absolute Gasteiger partial charge is 0.378 e. The molecule has 3 fully saturated rings. The Morgan fingerprint density at radius 1 is 1.06 bits per heavy atom. The summed E-state index contributed by atoms with van der Waals surface area (Å²) in [5, 5.41) is 17.2. The van der Waals surface area contributed by atoms with Crippen LogP contribution in [-0.2, 0) is 15.1 Å². The molecular weight excluding hydrogens is 412 g/mol. The lowest BCUT2D eigenvalue weighted by Crippen LogP contribution is -2.53. The normalized spacial score (nSPS) is 26.8. The second kappa shape index (κ2) is 7.96. The molecule has 3 aliphatic rings. The number of ether oxygens (including phenoxy) is 2. The van der Waals surface area contributed by atoms with Gasteiger partial charge in [-0.1, -0.05) is 0 Å². The van der Waals surface area contributed by atoms with Crippen molar-refractivity contribution in [1.82, 2.24) is 20.4 Å². The number of morpholine rings is 1. The highest BCUT2D eigenvalue weighted by atomic mass is 32.1. The van der Waals surface area contributed by atoms with Gasteiger partial charge in [-0.05, 0) is 36.3 Å². The summed E-state index contributed by atoms with van der Waals surface area (Å²) in [5.41, 5.74) is 1.84. The summed E-state index contributed by atoms with van der Waals surface area (Å²) in [7, 11) is 0. The van der Waals surface area contributed by atoms with Crippen LogP contribution in [0.4, 0.5) is 11.5 Å². The molecule has 2 aromatic heterocycles. The fraction of sp³-hybridized carbons (Fsp3) is 0.545. The Kier molecular flexibility index (Phi) is 4.96. The molecule has 3 aliphatic heterocycles. The number of aromatic nitrogens is 4. The first kappa shape index (κ1) is 19.3. The van der Waals surface area contributed by atoms with Crippen LogP contribution >= 0.6 is 11.3 Å². The molecule has 2 atom stereocenters. The molecule has 6 rings (SSSR count). The Labute approximate surface area is 185 Å². The van der Waals surface area contributed by atoms with E-state index in [0.29, 0.717) is 5.92 Å². The maximum Gasteiger partial charge on any atom is 0.162 e. The van der Waals surface area contributed by atoms with E-state index in [9.17, 15) is 0 Å². The average molecular weight is 439 g/mol. The van der Waals surface area contributed by atoms with Gasteiger partial charge in [0.1, 0.15) is 16.1 Å². The van der Waals surface area contributed by atoms with E-state index >= 15 is 0 Å². The summed E-state index contributed by atoms with van der Waals surface area (Å²) in [5.74, 6) is 1.33. The van der Waals surface area contributed by atoms with Crippen LogP contribution < -0.4 is 9.80 Å². The quantitative estimate of drug-likeness (QED) is 0.616. The Balaban J connectivity index is 1.29. The van der Waals surface area contributed by atoms with Crippen LogP contribution in [0.15, 0.2) is 29.8 Å². The van der Waals surface area contributed by atoms with Crippen molar-refractivity contribution in [3.8, 4) is 0 Å². The van der Waals surface area contributed by atoms with E-state index in [1.54, 1.807) is 11.3 Å². The first-order chi connectivity index (χ1) is 15.3. The van der Waals surface area contributed by atoms with Crippen molar-refractivity contribution in [1.29, 1.82) is 0 Å². The molecule has 0 saturated carbocycles. The number of nitrogens with zero attached hydrogens (tertiary/aromatic N) is 6. The number of rotatable bonds is 4. The molecule has 9 heteroatoms. The van der Waals surface area contributed by atoms with Crippen LogP contribution in [-0.4, -0.2) is 66.4 Å². The zero-order valence-electron chi connectivity index (χ0n) is 17.4. The molecule has 1 unspecified atom stereocenters. The summed E-state index contributed by atoms with van der Waals surface area (Å²) in [6.07, 6.45) is 5.19. The second-order valence-corrected chi connectivity index (χ2v) is 9.42. The van der Waals surface area contributed by atoms with Crippen LogP contribution in [0.25, 0.3) is 10.9 Å². The van der Waals surface area contributed by atoms with E-state index in [-0.39, 0.29) is 5.60 Å². The minimum Gasteiger partial charge on any atom is -0.378 e. The summed E-state index contributed by atoms with van der Waals surface area (Å²) in [6, 6.07) is 6.46. The Bertz CT molecular complexity index is 1050. The monoisotopic (exact) mass is 438 g/mol. The summed E-state index contributed by atoms with van der Waals surface area (Å²) in [4.78, 5) is 9.32. The van der Waals surface area contributed by atoms with E-state index in [2.05, 4.69) is 48.4 Å². The molecule has 0 amide bonds. The third-order valence-electron chi connectivity index (χ3n) is 6.90. The molecule has 31 heavy (non-hydrogen) atoms. The van der Waals surface area contributed by atoms with E-state index in [4.69, 9.17) is 9.47 Å². The van der Waals surface area contributed by atoms with Gasteiger partial charge >= 0.3 is 0 Å². The number of piperidine rings is 1. The lowest BCUT2D eigenvalue weighted by molar-refractivity contribution is -0.191. The summed E-state index contributed by atoms with van der Waals surface area (Å²) in [6.45, 7) is 6.04. The molecule has 0 aliphatic carbocycles. The lowest BCUT2D eigenvalue weighted by Gasteiger charge is -2.49. The maximum atomic E-state index is 6.21. The van der Waals surface area contributed by atoms with Crippen molar-refractivity contribution < 1.29 is 9.47 Å². The van der Waals surface area contributed by atoms with Gasteiger partial charge in [0, 0.05) is 61.2 Å². The van der Waals surface area contributed by atoms with Crippen LogP contribution in [0.1, 0.15) is 24.3 Å². The van der Waals surface area contributed by atoms with Crippen molar-refractivity contribution in [3.05, 3.63) is 34.8 Å². The van der Waals surface area contributed by atoms with Gasteiger partial charge in [-0.2, -0.15) is 0 Å². The smallest absolute Gasteiger partial charge is 0.162 e. The topological polar surface area (TPSA) is 76.5 Å². The van der Waals surface area contributed by atoms with Crippen molar-refractivity contribution in [2.75, 3.05) is 55.8 Å². The lowest BCUT2D eigenvalue weighted by atomic mass is 9.77. The standard InChI is InChI=1S/C22H26N6O2S/c1-2-16(22(5-10-30-22)21-23-6-13-31-21)15-28(7-1)20-18-4-3-17(14-19(18)24-26-25-20)27-8-11-29-12-9-27/h3-4,6,13-14,16H,1-2,5,7-12,15H2/t16?,22-/m0/s1. The number of anilines is 2. The third-order valence-corrected chi connectivity index (χ3v) is 7.83. The Morgan fingerprint density at radius 3 is 2.74 bits per heavy atom. The van der Waals surface area contributed by atoms with E-state index in [0.717, 1.165) is 87.0 Å². The molecule has 3 aromatic rings. The van der Waals surface area contributed by atoms with Gasteiger partial charge in [0.15, 0.2) is 5.82 Å². The molecule has 0 bridgehead atoms. The highest BCUT2D eigenvalue weighted by Crippen LogP contribution is 2.48. The van der Waals surface area contributed by atoms with Gasteiger partial charge in [-0.3, -0.25) is 0 Å². The predicted octanol–water partition coefficient (Wildman–Crippen LogP) is 2.85. The number of thiazole rings is 1. The minimum atomic E-state index is -0.230. The molecule has 3 saturated heterocycles. The number of fused-ring (bicyclic) bond motifs is 1. The fourth-order valence-corrected chi connectivity index (χ4v) is 6.08. The highest BCUT2D eigenvalue weighted by molar-refractivity contribution is 7.09. The first-order valence-electron chi connectivity index (χ1n) is 11.1. The van der Waals surface area contributed by atoms with Crippen molar-refractivity contribution >= 4 is 33.7 Å². The van der Waals surface area contributed by atoms with Crippen LogP contribution in [0.5, 0.6) is 0 Å². The van der Waals surface area contributed by atoms with Gasteiger partial charge in [-0.25, -0.2) is 4.98 Å². The average Bonchev–Trinajstić information content (AvgIpc) is 3.33. The van der Waals surface area contributed by atoms with Gasteiger partial charge in [0.2, 0.25) is 0 Å². The molecule has 1 aromatic carbocycles. The summed E-state index contributed by atoms with van der Waals surface area (Å²) >= 11 is 1.71. The SMILES string of the molecule is c1csc([C@@]2(C3CCCN(c4nnnc5cc(N6CCOCC6)ccc45)C3)CCO2)n1. The zero-order chi connectivity index (χ0) is 20.7. The van der Waals surface area contributed by atoms with Gasteiger partial charge in [-0.15, -0.1) is 21.5 Å². The molecule has 162 valence electrons. The van der Waals surface area contributed by atoms with Crippen molar-refractivity contribution in [3.63, 3.8) is 0 Å². The molecule has 5 heterocycles. The van der Waals surface area contributed by atoms with E-state index < -0.39 is 0 Å². The molecule has 0 spiro atoms. The van der Waals surface area contributed by atoms with Gasteiger partial charge in [0.25, 0.3) is 0 Å². The van der Waals surface area contributed by atoms with Gasteiger partial charge in [0.05, 0.1) is 19.8 Å². The Morgan fingerprint density at radius 2 is 1.97 bits per heavy atom. The fourth-order valence-electron chi connectivity index (χ4n) is 5.18. The van der Waals surface area contributed by atoms with Crippen LogP contribution in [0.2, 0.25) is 0 Å². The predicted molar refractivity (Wildman–Crippen MR) is 120 cm³/mol. The van der Waals surface area contributed by atoms with Crippen molar-refractivity contribution in [2.45, 2.75) is 24.9 Å². The highest BCUT2D eigenvalue weighted by Gasteiger charge is 2.50. The maximum absolute atomic E-state index is 6.21. The zero-order valence-corrected chi connectivity index (χ0v) is 18.3. The number of hydrogen-bond acceptors (Lipinski definition) is 9. The van der Waals surface area contributed by atoms with Crippen LogP contribution in [0, 0.1) is 5.92 Å². The molecule has 0 radical (unpaired) electrons. The van der Waals surface area contributed by atoms with Crippen LogP contribution in [0.3, 0.4) is 0 Å². The molecule has 8 nitrogen and oxygen atoms in total.